The third-order valence-electron chi connectivity index (χ3n) is 6.16. The number of Topliss-reactive ketones (excluding diaryl/α,β-unsaturated/α-hetero) is 1. The smallest absolute Gasteiger partial charge is 0.169 e. The number of carbonyl (C=O) groups excluding carboxylic acids is 2. The minimum absolute atomic E-state index is 0.0780. The Kier molecular flexibility index (Phi) is 4.83. The molecule has 0 aromatic rings. The number of nitriles is 3. The molecule has 2 saturated carbocycles. The first-order valence-electron chi connectivity index (χ1n) is 8.58. The molecule has 0 amide bonds. The van der Waals surface area contributed by atoms with Crippen LogP contribution in [0.3, 0.4) is 0 Å². The average molecular weight is 338 g/mol. The zero-order chi connectivity index (χ0) is 19.0. The lowest BCUT2D eigenvalue weighted by Gasteiger charge is -2.45. The van der Waals surface area contributed by atoms with E-state index in [1.54, 1.807) is 0 Å². The number of ketones is 1. The van der Waals surface area contributed by atoms with Crippen LogP contribution in [-0.4, -0.2) is 17.8 Å². The summed E-state index contributed by atoms with van der Waals surface area (Å²) in [5.74, 6) is -2.44. The maximum absolute atomic E-state index is 13.2. The number of hydrogen-bond acceptors (Lipinski definition) is 6. The van der Waals surface area contributed by atoms with Crippen LogP contribution in [0.5, 0.6) is 0 Å². The van der Waals surface area contributed by atoms with Crippen molar-refractivity contribution in [3.63, 3.8) is 0 Å². The molecule has 0 aromatic heterocycles. The second-order valence-corrected chi connectivity index (χ2v) is 7.69. The number of hydrogen-bond donors (Lipinski definition) is 1. The number of nitrogens with one attached hydrogen (secondary N) is 1. The van der Waals surface area contributed by atoms with Crippen molar-refractivity contribution in [3.8, 4) is 18.2 Å². The highest BCUT2D eigenvalue weighted by Gasteiger charge is 2.70. The monoisotopic (exact) mass is 338 g/mol. The van der Waals surface area contributed by atoms with E-state index in [2.05, 4.69) is 0 Å². The lowest BCUT2D eigenvalue weighted by Crippen LogP contribution is -2.54. The van der Waals surface area contributed by atoms with Gasteiger partial charge in [-0.1, -0.05) is 20.8 Å². The van der Waals surface area contributed by atoms with Crippen LogP contribution in [0, 0.1) is 79.8 Å². The van der Waals surface area contributed by atoms with Gasteiger partial charge in [0, 0.05) is 17.5 Å². The van der Waals surface area contributed by atoms with Crippen molar-refractivity contribution in [3.05, 3.63) is 0 Å². The largest absolute Gasteiger partial charge is 0.307 e. The average Bonchev–Trinajstić information content (AvgIpc) is 2.84. The predicted octanol–water partition coefficient (Wildman–Crippen LogP) is 2.66. The Balaban J connectivity index is 2.73. The minimum atomic E-state index is -1.86. The molecular weight excluding hydrogens is 316 g/mol. The summed E-state index contributed by atoms with van der Waals surface area (Å²) in [6, 6.07) is 5.85. The van der Waals surface area contributed by atoms with Crippen molar-refractivity contribution in [1.82, 2.24) is 0 Å². The summed E-state index contributed by atoms with van der Waals surface area (Å²) in [6.45, 7) is 5.70. The van der Waals surface area contributed by atoms with Crippen LogP contribution in [0.2, 0.25) is 0 Å². The van der Waals surface area contributed by atoms with Crippen molar-refractivity contribution >= 4 is 17.8 Å². The first kappa shape index (κ1) is 18.8. The van der Waals surface area contributed by atoms with Crippen LogP contribution in [0.4, 0.5) is 0 Å². The summed E-state index contributed by atoms with van der Waals surface area (Å²) in [5.41, 5.74) is -3.95. The maximum Gasteiger partial charge on any atom is 0.169 e. The lowest BCUT2D eigenvalue weighted by molar-refractivity contribution is -0.136. The summed E-state index contributed by atoms with van der Waals surface area (Å²) < 4.78 is 0. The molecule has 0 heterocycles. The summed E-state index contributed by atoms with van der Waals surface area (Å²) in [7, 11) is 0. The molecule has 25 heavy (non-hydrogen) atoms. The van der Waals surface area contributed by atoms with E-state index in [9.17, 15) is 25.4 Å². The highest BCUT2D eigenvalue weighted by Crippen LogP contribution is 2.60. The summed E-state index contributed by atoms with van der Waals surface area (Å²) >= 11 is 0. The Hall–Kier alpha value is -2.52. The van der Waals surface area contributed by atoms with E-state index in [1.165, 1.54) is 0 Å². The molecule has 0 aromatic carbocycles. The minimum Gasteiger partial charge on any atom is -0.307 e. The van der Waals surface area contributed by atoms with Crippen molar-refractivity contribution in [2.24, 2.45) is 40.4 Å². The molecule has 2 aliphatic carbocycles. The van der Waals surface area contributed by atoms with Gasteiger partial charge < -0.3 is 10.2 Å². The summed E-state index contributed by atoms with van der Waals surface area (Å²) in [5, 5.41) is 38.0. The van der Waals surface area contributed by atoms with Crippen LogP contribution in [0.1, 0.15) is 40.0 Å². The predicted molar refractivity (Wildman–Crippen MR) is 88.8 cm³/mol. The molecule has 2 rings (SSSR count). The maximum atomic E-state index is 13.2. The van der Waals surface area contributed by atoms with Crippen LogP contribution < -0.4 is 0 Å². The Labute approximate surface area is 147 Å². The van der Waals surface area contributed by atoms with Crippen molar-refractivity contribution in [2.45, 2.75) is 40.0 Å². The second kappa shape index (κ2) is 6.41. The molecule has 0 spiro atoms. The Morgan fingerprint density at radius 1 is 1.20 bits per heavy atom. The van der Waals surface area contributed by atoms with E-state index >= 15 is 0 Å². The molecule has 0 aliphatic heterocycles. The molecule has 1 unspecified atom stereocenters. The van der Waals surface area contributed by atoms with Crippen LogP contribution >= 0.6 is 0 Å². The van der Waals surface area contributed by atoms with Crippen LogP contribution in [-0.2, 0) is 9.59 Å². The fraction of sp³-hybridized carbons (Fsp3) is 0.684. The third kappa shape index (κ3) is 2.30. The summed E-state index contributed by atoms with van der Waals surface area (Å²) in [6.07, 6.45) is 1.71. The van der Waals surface area contributed by atoms with E-state index in [4.69, 9.17) is 5.41 Å². The molecule has 2 aliphatic rings. The number of rotatable bonds is 3. The zero-order valence-electron chi connectivity index (χ0n) is 14.7. The topological polar surface area (TPSA) is 129 Å². The Morgan fingerprint density at radius 2 is 1.80 bits per heavy atom. The molecule has 1 N–H and O–H groups in total. The van der Waals surface area contributed by atoms with Gasteiger partial charge in [0.05, 0.1) is 24.1 Å². The molecule has 0 saturated heterocycles. The van der Waals surface area contributed by atoms with E-state index in [-0.39, 0.29) is 35.7 Å². The molecule has 0 bridgehead atoms. The first-order valence-corrected chi connectivity index (χ1v) is 8.58. The van der Waals surface area contributed by atoms with Crippen molar-refractivity contribution < 1.29 is 9.59 Å². The van der Waals surface area contributed by atoms with Gasteiger partial charge in [-0.15, -0.1) is 0 Å². The number of aldehydes is 1. The van der Waals surface area contributed by atoms with Crippen molar-refractivity contribution in [2.75, 3.05) is 0 Å². The van der Waals surface area contributed by atoms with E-state index in [0.29, 0.717) is 19.1 Å². The fourth-order valence-electron chi connectivity index (χ4n) is 4.75. The van der Waals surface area contributed by atoms with E-state index in [0.717, 1.165) is 0 Å². The van der Waals surface area contributed by atoms with Gasteiger partial charge in [-0.05, 0) is 31.1 Å². The van der Waals surface area contributed by atoms with Crippen LogP contribution in [0.25, 0.3) is 0 Å². The number of nitrogens with zero attached hydrogens (tertiary/aromatic N) is 3. The molecular formula is C19H22N4O2. The van der Waals surface area contributed by atoms with E-state index in [1.807, 2.05) is 39.0 Å². The molecule has 6 heteroatoms. The molecule has 130 valence electrons. The quantitative estimate of drug-likeness (QED) is 0.791. The highest BCUT2D eigenvalue weighted by atomic mass is 16.1. The van der Waals surface area contributed by atoms with Gasteiger partial charge in [0.2, 0.25) is 0 Å². The summed E-state index contributed by atoms with van der Waals surface area (Å²) in [4.78, 5) is 24.6. The van der Waals surface area contributed by atoms with Gasteiger partial charge >= 0.3 is 0 Å². The van der Waals surface area contributed by atoms with Gasteiger partial charge in [0.15, 0.2) is 5.41 Å². The number of carbonyl (C=O) groups is 2. The molecule has 2 fully saturated rings. The Bertz CT molecular complexity index is 722. The van der Waals surface area contributed by atoms with Crippen LogP contribution in [0.15, 0.2) is 0 Å². The van der Waals surface area contributed by atoms with Gasteiger partial charge in [-0.2, -0.15) is 15.8 Å². The van der Waals surface area contributed by atoms with Gasteiger partial charge in [0.25, 0.3) is 0 Å². The Morgan fingerprint density at radius 3 is 2.24 bits per heavy atom. The first-order chi connectivity index (χ1) is 11.8. The van der Waals surface area contributed by atoms with Gasteiger partial charge in [0.1, 0.15) is 17.5 Å². The third-order valence-corrected chi connectivity index (χ3v) is 6.16. The highest BCUT2D eigenvalue weighted by molar-refractivity contribution is 6.08. The fourth-order valence-corrected chi connectivity index (χ4v) is 4.75. The second-order valence-electron chi connectivity index (χ2n) is 7.69. The standard InChI is InChI=1S/C19H22N4O2/c1-11(2)14-5-4-12(3)15(16(14)25)19(10-22)17(23)13(7-24)6-18(19,8-20)9-21/h7,11-15,23H,4-6H2,1-3H3/t12-,13?,14+,15-,19-/m1/s1. The zero-order valence-corrected chi connectivity index (χ0v) is 14.7. The van der Waals surface area contributed by atoms with E-state index < -0.39 is 22.7 Å². The molecule has 0 radical (unpaired) electrons. The van der Waals surface area contributed by atoms with Crippen molar-refractivity contribution in [1.29, 1.82) is 21.2 Å². The SMILES string of the molecule is CC(C)[C@@H]1CC[C@@H](C)[C@@H]([C@]2(C#N)C(=N)C(C=O)CC2(C#N)C#N)C1=O. The lowest BCUT2D eigenvalue weighted by atomic mass is 9.52. The normalized spacial score (nSPS) is 37.2. The van der Waals surface area contributed by atoms with Gasteiger partial charge in [-0.25, -0.2) is 0 Å². The molecule has 6 nitrogen and oxygen atoms in total. The molecule has 5 atom stereocenters. The van der Waals surface area contributed by atoms with Gasteiger partial charge in [-0.3, -0.25) is 4.79 Å².